The first-order valence-electron chi connectivity index (χ1n) is 4.54. The smallest absolute Gasteiger partial charge is 0.00692 e. The van der Waals surface area contributed by atoms with E-state index in [1.165, 1.54) is 25.9 Å². The van der Waals surface area contributed by atoms with Crippen LogP contribution >= 0.6 is 15.9 Å². The molecule has 0 spiro atoms. The van der Waals surface area contributed by atoms with Gasteiger partial charge < -0.3 is 4.90 Å². The zero-order chi connectivity index (χ0) is 8.27. The summed E-state index contributed by atoms with van der Waals surface area (Å²) < 4.78 is 0. The molecule has 0 saturated carbocycles. The van der Waals surface area contributed by atoms with E-state index in [9.17, 15) is 0 Å². The van der Waals surface area contributed by atoms with Crippen LogP contribution in [0.2, 0.25) is 0 Å². The van der Waals surface area contributed by atoms with Gasteiger partial charge in [-0.2, -0.15) is 0 Å². The van der Waals surface area contributed by atoms with Gasteiger partial charge in [0, 0.05) is 17.9 Å². The van der Waals surface area contributed by atoms with Gasteiger partial charge in [-0.05, 0) is 32.2 Å². The minimum Gasteiger partial charge on any atom is -0.300 e. The Hall–Kier alpha value is 0.440. The number of hydrogen-bond acceptors (Lipinski definition) is 1. The van der Waals surface area contributed by atoms with Crippen molar-refractivity contribution in [3.8, 4) is 0 Å². The van der Waals surface area contributed by atoms with Crippen LogP contribution in [0.1, 0.15) is 26.7 Å². The van der Waals surface area contributed by atoms with E-state index >= 15 is 0 Å². The molecule has 1 nitrogen and oxygen atoms in total. The van der Waals surface area contributed by atoms with E-state index in [-0.39, 0.29) is 0 Å². The van der Waals surface area contributed by atoms with Gasteiger partial charge in [-0.15, -0.1) is 0 Å². The van der Waals surface area contributed by atoms with Crippen LogP contribution in [0.5, 0.6) is 0 Å². The van der Waals surface area contributed by atoms with Gasteiger partial charge in [0.15, 0.2) is 0 Å². The minimum atomic E-state index is 0.801. The highest BCUT2D eigenvalue weighted by Crippen LogP contribution is 2.18. The van der Waals surface area contributed by atoms with Crippen LogP contribution in [0.4, 0.5) is 0 Å². The van der Waals surface area contributed by atoms with E-state index in [2.05, 4.69) is 34.7 Å². The van der Waals surface area contributed by atoms with Gasteiger partial charge in [-0.25, -0.2) is 0 Å². The highest BCUT2D eigenvalue weighted by Gasteiger charge is 2.20. The van der Waals surface area contributed by atoms with Gasteiger partial charge in [0.1, 0.15) is 0 Å². The van der Waals surface area contributed by atoms with Gasteiger partial charge in [0.05, 0.1) is 0 Å². The quantitative estimate of drug-likeness (QED) is 0.660. The molecule has 1 aliphatic rings. The van der Waals surface area contributed by atoms with Crippen molar-refractivity contribution in [1.82, 2.24) is 4.90 Å². The summed E-state index contributed by atoms with van der Waals surface area (Å²) in [6.45, 7) is 7.23. The van der Waals surface area contributed by atoms with Crippen LogP contribution < -0.4 is 0 Å². The van der Waals surface area contributed by atoms with Crippen molar-refractivity contribution in [3.63, 3.8) is 0 Å². The van der Waals surface area contributed by atoms with Gasteiger partial charge in [0.25, 0.3) is 0 Å². The Balaban J connectivity index is 2.24. The Bertz CT molecular complexity index is 116. The number of alkyl halides is 1. The number of hydrogen-bond donors (Lipinski definition) is 0. The second kappa shape index (κ2) is 4.46. The van der Waals surface area contributed by atoms with Crippen molar-refractivity contribution in [2.45, 2.75) is 32.7 Å². The largest absolute Gasteiger partial charge is 0.300 e. The van der Waals surface area contributed by atoms with Crippen LogP contribution in [0.3, 0.4) is 0 Å². The molecule has 66 valence electrons. The molecule has 1 aliphatic heterocycles. The molecule has 0 bridgehead atoms. The first-order chi connectivity index (χ1) is 5.24. The summed E-state index contributed by atoms with van der Waals surface area (Å²) in [6.07, 6.45) is 2.80. The van der Waals surface area contributed by atoms with E-state index in [1.807, 2.05) is 0 Å². The number of halogens is 1. The summed E-state index contributed by atoms with van der Waals surface area (Å²) in [5, 5.41) is 1.14. The molecule has 0 N–H and O–H groups in total. The van der Waals surface area contributed by atoms with Gasteiger partial charge in [0.2, 0.25) is 0 Å². The number of nitrogens with zero attached hydrogens (tertiary/aromatic N) is 1. The van der Waals surface area contributed by atoms with Gasteiger partial charge >= 0.3 is 0 Å². The Morgan fingerprint density at radius 1 is 1.64 bits per heavy atom. The fourth-order valence-corrected chi connectivity index (χ4v) is 1.92. The molecule has 0 amide bonds. The molecule has 2 unspecified atom stereocenters. The molecular weight excluding hydrogens is 202 g/mol. The van der Waals surface area contributed by atoms with Gasteiger partial charge in [-0.1, -0.05) is 22.9 Å². The summed E-state index contributed by atoms with van der Waals surface area (Å²) in [4.78, 5) is 2.60. The summed E-state index contributed by atoms with van der Waals surface area (Å²) in [6, 6.07) is 0.830. The van der Waals surface area contributed by atoms with Crippen molar-refractivity contribution >= 4 is 15.9 Å². The molecule has 1 saturated heterocycles. The molecule has 0 aliphatic carbocycles. The van der Waals surface area contributed by atoms with Crippen LogP contribution in [-0.4, -0.2) is 29.4 Å². The van der Waals surface area contributed by atoms with E-state index < -0.39 is 0 Å². The molecule has 1 heterocycles. The highest BCUT2D eigenvalue weighted by molar-refractivity contribution is 9.09. The van der Waals surface area contributed by atoms with Gasteiger partial charge in [-0.3, -0.25) is 0 Å². The summed E-state index contributed by atoms with van der Waals surface area (Å²) in [5.74, 6) is 0.801. The van der Waals surface area contributed by atoms with Crippen LogP contribution in [0.25, 0.3) is 0 Å². The second-order valence-electron chi connectivity index (χ2n) is 3.75. The maximum Gasteiger partial charge on any atom is 0.00692 e. The van der Waals surface area contributed by atoms with E-state index in [0.717, 1.165) is 17.3 Å². The van der Waals surface area contributed by atoms with Crippen LogP contribution in [-0.2, 0) is 0 Å². The lowest BCUT2D eigenvalue weighted by atomic mass is 10.2. The van der Waals surface area contributed by atoms with Crippen molar-refractivity contribution in [2.75, 3.05) is 18.4 Å². The van der Waals surface area contributed by atoms with E-state index in [1.54, 1.807) is 0 Å². The highest BCUT2D eigenvalue weighted by atomic mass is 79.9. The third-order valence-electron chi connectivity index (χ3n) is 2.50. The van der Waals surface area contributed by atoms with Crippen molar-refractivity contribution in [3.05, 3.63) is 0 Å². The Kier molecular flexibility index (Phi) is 3.86. The Morgan fingerprint density at radius 3 is 2.82 bits per heavy atom. The van der Waals surface area contributed by atoms with E-state index in [0.29, 0.717) is 0 Å². The molecule has 2 atom stereocenters. The first-order valence-corrected chi connectivity index (χ1v) is 5.66. The average molecular weight is 220 g/mol. The Labute approximate surface area is 78.3 Å². The SMILES string of the molecule is CC(CBr)CN1CCCC1C. The fraction of sp³-hybridized carbons (Fsp3) is 1.00. The standard InChI is InChI=1S/C9H18BrN/c1-8(6-10)7-11-5-3-4-9(11)2/h8-9H,3-7H2,1-2H3. The normalized spacial score (nSPS) is 29.2. The van der Waals surface area contributed by atoms with Crippen LogP contribution in [0, 0.1) is 5.92 Å². The predicted octanol–water partition coefficient (Wildman–Crippen LogP) is 2.50. The van der Waals surface area contributed by atoms with Crippen LogP contribution in [0.15, 0.2) is 0 Å². The topological polar surface area (TPSA) is 3.24 Å². The zero-order valence-corrected chi connectivity index (χ0v) is 9.10. The van der Waals surface area contributed by atoms with Crippen molar-refractivity contribution in [1.29, 1.82) is 0 Å². The lowest BCUT2D eigenvalue weighted by molar-refractivity contribution is 0.241. The monoisotopic (exact) mass is 219 g/mol. The molecule has 1 fully saturated rings. The molecule has 0 radical (unpaired) electrons. The summed E-state index contributed by atoms with van der Waals surface area (Å²) in [7, 11) is 0. The lowest BCUT2D eigenvalue weighted by Crippen LogP contribution is -2.31. The summed E-state index contributed by atoms with van der Waals surface area (Å²) >= 11 is 3.52. The maximum atomic E-state index is 3.52. The first kappa shape index (κ1) is 9.53. The third-order valence-corrected chi connectivity index (χ3v) is 3.61. The molecule has 0 aromatic carbocycles. The summed E-state index contributed by atoms with van der Waals surface area (Å²) in [5.41, 5.74) is 0. The number of likely N-dealkylation sites (tertiary alicyclic amines) is 1. The maximum absolute atomic E-state index is 3.52. The molecule has 2 heteroatoms. The third kappa shape index (κ3) is 2.75. The number of rotatable bonds is 3. The second-order valence-corrected chi connectivity index (χ2v) is 4.39. The van der Waals surface area contributed by atoms with E-state index in [4.69, 9.17) is 0 Å². The lowest BCUT2D eigenvalue weighted by Gasteiger charge is -2.23. The molecule has 0 aromatic rings. The molecule has 1 rings (SSSR count). The fourth-order valence-electron chi connectivity index (χ4n) is 1.71. The van der Waals surface area contributed by atoms with Crippen molar-refractivity contribution < 1.29 is 0 Å². The molecule has 0 aromatic heterocycles. The minimum absolute atomic E-state index is 0.801. The Morgan fingerprint density at radius 2 is 2.36 bits per heavy atom. The van der Waals surface area contributed by atoms with Crippen molar-refractivity contribution in [2.24, 2.45) is 5.92 Å². The zero-order valence-electron chi connectivity index (χ0n) is 7.52. The average Bonchev–Trinajstić information content (AvgIpc) is 2.37. The molecule has 11 heavy (non-hydrogen) atoms. The predicted molar refractivity (Wildman–Crippen MR) is 53.2 cm³/mol. The molecular formula is C9H18BrN.